The summed E-state index contributed by atoms with van der Waals surface area (Å²) in [5.74, 6) is 2.52. The molecule has 0 unspecified atom stereocenters. The third-order valence-corrected chi connectivity index (χ3v) is 3.09. The molecule has 2 N–H and O–H groups in total. The van der Waals surface area contributed by atoms with E-state index in [-0.39, 0.29) is 0 Å². The fourth-order valence-electron chi connectivity index (χ4n) is 2.15. The third-order valence-electron chi connectivity index (χ3n) is 3.09. The van der Waals surface area contributed by atoms with Gasteiger partial charge in [0.05, 0.1) is 6.61 Å². The SMILES string of the molecule is CCCOc1cccc(-c2nc(C)n(CC)c2N)c1. The zero-order chi connectivity index (χ0) is 13.8. The van der Waals surface area contributed by atoms with Crippen molar-refractivity contribution in [2.75, 3.05) is 12.3 Å². The molecule has 2 aromatic rings. The zero-order valence-corrected chi connectivity index (χ0v) is 11.8. The van der Waals surface area contributed by atoms with Crippen LogP contribution in [0.25, 0.3) is 11.3 Å². The fourth-order valence-corrected chi connectivity index (χ4v) is 2.15. The maximum atomic E-state index is 6.16. The molecule has 1 heterocycles. The highest BCUT2D eigenvalue weighted by molar-refractivity contribution is 5.72. The van der Waals surface area contributed by atoms with Crippen molar-refractivity contribution in [3.05, 3.63) is 30.1 Å². The topological polar surface area (TPSA) is 53.1 Å². The van der Waals surface area contributed by atoms with Crippen LogP contribution in [0.2, 0.25) is 0 Å². The van der Waals surface area contributed by atoms with Gasteiger partial charge in [-0.1, -0.05) is 19.1 Å². The van der Waals surface area contributed by atoms with Crippen LogP contribution in [0.1, 0.15) is 26.1 Å². The molecular formula is C15H21N3O. The lowest BCUT2D eigenvalue weighted by Gasteiger charge is -2.07. The second-order valence-corrected chi connectivity index (χ2v) is 4.51. The Morgan fingerprint density at radius 3 is 2.74 bits per heavy atom. The predicted molar refractivity (Wildman–Crippen MR) is 78.3 cm³/mol. The molecule has 1 aromatic carbocycles. The lowest BCUT2D eigenvalue weighted by molar-refractivity contribution is 0.317. The monoisotopic (exact) mass is 259 g/mol. The lowest BCUT2D eigenvalue weighted by atomic mass is 10.1. The van der Waals surface area contributed by atoms with Crippen molar-refractivity contribution in [2.24, 2.45) is 0 Å². The van der Waals surface area contributed by atoms with Crippen LogP contribution in [0.15, 0.2) is 24.3 Å². The molecule has 0 aliphatic heterocycles. The molecule has 2 rings (SSSR count). The normalized spacial score (nSPS) is 10.7. The zero-order valence-electron chi connectivity index (χ0n) is 11.8. The summed E-state index contributed by atoms with van der Waals surface area (Å²) in [7, 11) is 0. The quantitative estimate of drug-likeness (QED) is 0.896. The molecule has 0 saturated carbocycles. The van der Waals surface area contributed by atoms with Gasteiger partial charge in [0.15, 0.2) is 0 Å². The number of aromatic nitrogens is 2. The Morgan fingerprint density at radius 2 is 2.11 bits per heavy atom. The van der Waals surface area contributed by atoms with Crippen LogP contribution >= 0.6 is 0 Å². The number of imidazole rings is 1. The standard InChI is InChI=1S/C15H21N3O/c1-4-9-19-13-8-6-7-12(10-13)14-15(16)18(5-2)11(3)17-14/h6-8,10H,4-5,9,16H2,1-3H3. The van der Waals surface area contributed by atoms with E-state index >= 15 is 0 Å². The smallest absolute Gasteiger partial charge is 0.131 e. The van der Waals surface area contributed by atoms with Gasteiger partial charge in [-0.3, -0.25) is 0 Å². The van der Waals surface area contributed by atoms with Crippen LogP contribution in [0, 0.1) is 6.92 Å². The van der Waals surface area contributed by atoms with Crippen LogP contribution in [0.5, 0.6) is 5.75 Å². The fraction of sp³-hybridized carbons (Fsp3) is 0.400. The van der Waals surface area contributed by atoms with E-state index < -0.39 is 0 Å². The Balaban J connectivity index is 2.36. The lowest BCUT2D eigenvalue weighted by Crippen LogP contribution is -2.02. The summed E-state index contributed by atoms with van der Waals surface area (Å²) in [4.78, 5) is 4.56. The van der Waals surface area contributed by atoms with Gasteiger partial charge in [-0.05, 0) is 32.4 Å². The Kier molecular flexibility index (Phi) is 4.10. The predicted octanol–water partition coefficient (Wildman–Crippen LogP) is 3.25. The minimum Gasteiger partial charge on any atom is -0.494 e. The van der Waals surface area contributed by atoms with E-state index in [4.69, 9.17) is 10.5 Å². The number of benzene rings is 1. The van der Waals surface area contributed by atoms with Crippen molar-refractivity contribution in [1.29, 1.82) is 0 Å². The first-order chi connectivity index (χ1) is 9.17. The van der Waals surface area contributed by atoms with Crippen LogP contribution in [0.3, 0.4) is 0 Å². The van der Waals surface area contributed by atoms with Crippen molar-refractivity contribution in [3.63, 3.8) is 0 Å². The van der Waals surface area contributed by atoms with Crippen LogP contribution in [-0.2, 0) is 6.54 Å². The molecule has 4 nitrogen and oxygen atoms in total. The molecule has 1 aromatic heterocycles. The number of hydrogen-bond acceptors (Lipinski definition) is 3. The van der Waals surface area contributed by atoms with Gasteiger partial charge in [-0.2, -0.15) is 0 Å². The van der Waals surface area contributed by atoms with Crippen molar-refractivity contribution in [3.8, 4) is 17.0 Å². The van der Waals surface area contributed by atoms with Gasteiger partial charge in [0.2, 0.25) is 0 Å². The molecule has 0 bridgehead atoms. The van der Waals surface area contributed by atoms with E-state index in [1.807, 2.05) is 35.8 Å². The number of hydrogen-bond donors (Lipinski definition) is 1. The minimum atomic E-state index is 0.715. The van der Waals surface area contributed by atoms with Crippen molar-refractivity contribution in [2.45, 2.75) is 33.7 Å². The molecule has 0 spiro atoms. The van der Waals surface area contributed by atoms with E-state index in [0.717, 1.165) is 42.4 Å². The summed E-state index contributed by atoms with van der Waals surface area (Å²) in [6.45, 7) is 7.68. The van der Waals surface area contributed by atoms with E-state index in [2.05, 4.69) is 18.8 Å². The molecule has 102 valence electrons. The molecule has 0 aliphatic rings. The molecule has 0 amide bonds. The second-order valence-electron chi connectivity index (χ2n) is 4.51. The number of ether oxygens (including phenoxy) is 1. The molecule has 19 heavy (non-hydrogen) atoms. The molecular weight excluding hydrogens is 238 g/mol. The average Bonchev–Trinajstić information content (AvgIpc) is 2.71. The summed E-state index contributed by atoms with van der Waals surface area (Å²) >= 11 is 0. The minimum absolute atomic E-state index is 0.715. The highest BCUT2D eigenvalue weighted by Gasteiger charge is 2.12. The third kappa shape index (κ3) is 2.72. The Morgan fingerprint density at radius 1 is 1.32 bits per heavy atom. The van der Waals surface area contributed by atoms with E-state index in [1.54, 1.807) is 0 Å². The van der Waals surface area contributed by atoms with Gasteiger partial charge in [0.25, 0.3) is 0 Å². The molecule has 4 heteroatoms. The molecule has 0 radical (unpaired) electrons. The van der Waals surface area contributed by atoms with E-state index in [0.29, 0.717) is 5.82 Å². The number of rotatable bonds is 5. The first-order valence-electron chi connectivity index (χ1n) is 6.73. The van der Waals surface area contributed by atoms with Gasteiger partial charge in [-0.25, -0.2) is 4.98 Å². The maximum absolute atomic E-state index is 6.16. The van der Waals surface area contributed by atoms with Crippen molar-refractivity contribution in [1.82, 2.24) is 9.55 Å². The molecule has 0 fully saturated rings. The summed E-state index contributed by atoms with van der Waals surface area (Å²) in [5.41, 5.74) is 7.99. The number of aryl methyl sites for hydroxylation is 1. The molecule has 0 atom stereocenters. The van der Waals surface area contributed by atoms with Crippen LogP contribution in [0.4, 0.5) is 5.82 Å². The Labute approximate surface area is 114 Å². The van der Waals surface area contributed by atoms with Gasteiger partial charge in [-0.15, -0.1) is 0 Å². The summed E-state index contributed by atoms with van der Waals surface area (Å²) < 4.78 is 7.65. The highest BCUT2D eigenvalue weighted by Crippen LogP contribution is 2.28. The average molecular weight is 259 g/mol. The van der Waals surface area contributed by atoms with E-state index in [1.165, 1.54) is 0 Å². The van der Waals surface area contributed by atoms with Gasteiger partial charge in [0.1, 0.15) is 23.1 Å². The van der Waals surface area contributed by atoms with Gasteiger partial charge < -0.3 is 15.0 Å². The first-order valence-corrected chi connectivity index (χ1v) is 6.73. The first kappa shape index (κ1) is 13.5. The van der Waals surface area contributed by atoms with Crippen molar-refractivity contribution >= 4 is 5.82 Å². The molecule has 0 aliphatic carbocycles. The largest absolute Gasteiger partial charge is 0.494 e. The van der Waals surface area contributed by atoms with Crippen molar-refractivity contribution < 1.29 is 4.74 Å². The van der Waals surface area contributed by atoms with Crippen LogP contribution in [-0.4, -0.2) is 16.2 Å². The number of nitrogen functional groups attached to an aromatic ring is 1. The second kappa shape index (κ2) is 5.78. The number of nitrogens with zero attached hydrogens (tertiary/aromatic N) is 2. The van der Waals surface area contributed by atoms with E-state index in [9.17, 15) is 0 Å². The maximum Gasteiger partial charge on any atom is 0.131 e. The number of anilines is 1. The Bertz CT molecular complexity index is 561. The van der Waals surface area contributed by atoms with Gasteiger partial charge in [0, 0.05) is 12.1 Å². The summed E-state index contributed by atoms with van der Waals surface area (Å²) in [6, 6.07) is 7.93. The van der Waals surface area contributed by atoms with Gasteiger partial charge >= 0.3 is 0 Å². The highest BCUT2D eigenvalue weighted by atomic mass is 16.5. The molecule has 0 saturated heterocycles. The summed E-state index contributed by atoms with van der Waals surface area (Å²) in [5, 5.41) is 0. The summed E-state index contributed by atoms with van der Waals surface area (Å²) in [6.07, 6.45) is 0.996. The van der Waals surface area contributed by atoms with Crippen LogP contribution < -0.4 is 10.5 Å². The number of nitrogens with two attached hydrogens (primary N) is 1. The Hall–Kier alpha value is -1.97.